The lowest BCUT2D eigenvalue weighted by molar-refractivity contribution is -0.384. The highest BCUT2D eigenvalue weighted by molar-refractivity contribution is 5.64. The fourth-order valence-corrected chi connectivity index (χ4v) is 2.50. The van der Waals surface area contributed by atoms with E-state index in [1.807, 2.05) is 13.8 Å². The average Bonchev–Trinajstić information content (AvgIpc) is 2.18. The monoisotopic (exact) mass is 249 g/mol. The lowest BCUT2D eigenvalue weighted by atomic mass is 10.0. The van der Waals surface area contributed by atoms with E-state index in [9.17, 15) is 10.1 Å². The highest BCUT2D eigenvalue weighted by atomic mass is 16.6. The zero-order chi connectivity index (χ0) is 13.4. The van der Waals surface area contributed by atoms with E-state index in [-0.39, 0.29) is 10.6 Å². The van der Waals surface area contributed by atoms with Gasteiger partial charge in [-0.3, -0.25) is 10.1 Å². The van der Waals surface area contributed by atoms with Crippen LogP contribution in [0.2, 0.25) is 0 Å². The number of anilines is 1. The molecule has 18 heavy (non-hydrogen) atoms. The van der Waals surface area contributed by atoms with Gasteiger partial charge in [0, 0.05) is 37.0 Å². The number of benzene rings is 1. The molecule has 1 fully saturated rings. The van der Waals surface area contributed by atoms with Crippen LogP contribution in [0.15, 0.2) is 12.1 Å². The van der Waals surface area contributed by atoms with Gasteiger partial charge in [0.1, 0.15) is 0 Å². The van der Waals surface area contributed by atoms with Gasteiger partial charge in [-0.05, 0) is 39.1 Å². The molecule has 98 valence electrons. The number of likely N-dealkylation sites (N-methyl/N-ethyl adjacent to an activating group) is 1. The zero-order valence-electron chi connectivity index (χ0n) is 11.3. The maximum absolute atomic E-state index is 10.8. The smallest absolute Gasteiger partial charge is 0.270 e. The topological polar surface area (TPSA) is 49.6 Å². The third-order valence-corrected chi connectivity index (χ3v) is 3.60. The van der Waals surface area contributed by atoms with Crippen molar-refractivity contribution in [2.45, 2.75) is 19.9 Å². The Bertz CT molecular complexity index is 456. The summed E-state index contributed by atoms with van der Waals surface area (Å²) in [6, 6.07) is 3.90. The van der Waals surface area contributed by atoms with Gasteiger partial charge in [0.25, 0.3) is 5.69 Å². The molecule has 5 nitrogen and oxygen atoms in total. The van der Waals surface area contributed by atoms with E-state index in [0.29, 0.717) is 6.04 Å². The fourth-order valence-electron chi connectivity index (χ4n) is 2.50. The molecular weight excluding hydrogens is 230 g/mol. The summed E-state index contributed by atoms with van der Waals surface area (Å²) in [6.07, 6.45) is 0. The highest BCUT2D eigenvalue weighted by Gasteiger charge is 2.30. The molecule has 0 atom stereocenters. The number of hydrogen-bond donors (Lipinski definition) is 0. The molecule has 2 rings (SSSR count). The van der Waals surface area contributed by atoms with E-state index in [1.54, 1.807) is 12.1 Å². The Morgan fingerprint density at radius 3 is 2.17 bits per heavy atom. The average molecular weight is 249 g/mol. The first-order valence-electron chi connectivity index (χ1n) is 6.07. The summed E-state index contributed by atoms with van der Waals surface area (Å²) < 4.78 is 0. The van der Waals surface area contributed by atoms with Crippen LogP contribution in [-0.2, 0) is 0 Å². The van der Waals surface area contributed by atoms with Gasteiger partial charge in [-0.15, -0.1) is 0 Å². The van der Waals surface area contributed by atoms with Crippen LogP contribution in [0.5, 0.6) is 0 Å². The van der Waals surface area contributed by atoms with Crippen molar-refractivity contribution >= 4 is 11.4 Å². The minimum atomic E-state index is -0.331. The van der Waals surface area contributed by atoms with Crippen LogP contribution in [0.1, 0.15) is 11.1 Å². The van der Waals surface area contributed by atoms with Gasteiger partial charge in [0.15, 0.2) is 0 Å². The first-order chi connectivity index (χ1) is 8.40. The third-order valence-electron chi connectivity index (χ3n) is 3.60. The maximum atomic E-state index is 10.8. The largest absolute Gasteiger partial charge is 0.368 e. The molecule has 0 amide bonds. The molecule has 1 aliphatic heterocycles. The van der Waals surface area contributed by atoms with Crippen LogP contribution in [-0.4, -0.2) is 43.0 Å². The molecular formula is C13H19N3O2. The second-order valence-corrected chi connectivity index (χ2v) is 5.21. The van der Waals surface area contributed by atoms with Gasteiger partial charge in [-0.1, -0.05) is 0 Å². The molecule has 0 aliphatic carbocycles. The SMILES string of the molecule is Cc1cc([N+](=O)[O-])cc(C)c1N1CC(N(C)C)C1. The zero-order valence-corrected chi connectivity index (χ0v) is 11.3. The van der Waals surface area contributed by atoms with Crippen molar-refractivity contribution in [3.63, 3.8) is 0 Å². The minimum absolute atomic E-state index is 0.179. The van der Waals surface area contributed by atoms with Gasteiger partial charge in [-0.25, -0.2) is 0 Å². The number of non-ortho nitro benzene ring substituents is 1. The van der Waals surface area contributed by atoms with E-state index >= 15 is 0 Å². The molecule has 0 unspecified atom stereocenters. The van der Waals surface area contributed by atoms with E-state index in [0.717, 1.165) is 29.9 Å². The van der Waals surface area contributed by atoms with E-state index in [4.69, 9.17) is 0 Å². The predicted molar refractivity (Wildman–Crippen MR) is 72.3 cm³/mol. The van der Waals surface area contributed by atoms with Gasteiger partial charge >= 0.3 is 0 Å². The van der Waals surface area contributed by atoms with Gasteiger partial charge in [-0.2, -0.15) is 0 Å². The summed E-state index contributed by atoms with van der Waals surface area (Å²) in [5.41, 5.74) is 3.30. The molecule has 0 bridgehead atoms. The van der Waals surface area contributed by atoms with E-state index in [1.165, 1.54) is 0 Å². The molecule has 1 aromatic rings. The number of nitro benzene ring substituents is 1. The molecule has 1 heterocycles. The Kier molecular flexibility index (Phi) is 3.26. The molecule has 1 aliphatic rings. The van der Waals surface area contributed by atoms with Crippen LogP contribution >= 0.6 is 0 Å². The molecule has 0 radical (unpaired) electrons. The van der Waals surface area contributed by atoms with Crippen LogP contribution in [0.25, 0.3) is 0 Å². The van der Waals surface area contributed by atoms with Crippen molar-refractivity contribution in [1.82, 2.24) is 4.90 Å². The highest BCUT2D eigenvalue weighted by Crippen LogP contribution is 2.32. The van der Waals surface area contributed by atoms with Crippen molar-refractivity contribution in [2.75, 3.05) is 32.1 Å². The number of nitrogens with zero attached hydrogens (tertiary/aromatic N) is 3. The molecule has 0 saturated carbocycles. The van der Waals surface area contributed by atoms with E-state index < -0.39 is 0 Å². The van der Waals surface area contributed by atoms with Crippen molar-refractivity contribution in [1.29, 1.82) is 0 Å². The number of hydrogen-bond acceptors (Lipinski definition) is 4. The van der Waals surface area contributed by atoms with Gasteiger partial charge in [0.2, 0.25) is 0 Å². The quantitative estimate of drug-likeness (QED) is 0.607. The summed E-state index contributed by atoms with van der Waals surface area (Å²) in [5, 5.41) is 10.8. The Morgan fingerprint density at radius 2 is 1.78 bits per heavy atom. The minimum Gasteiger partial charge on any atom is -0.368 e. The van der Waals surface area contributed by atoms with Crippen LogP contribution < -0.4 is 4.90 Å². The first kappa shape index (κ1) is 12.8. The molecule has 1 saturated heterocycles. The summed E-state index contributed by atoms with van der Waals surface area (Å²) in [5.74, 6) is 0. The number of nitro groups is 1. The second-order valence-electron chi connectivity index (χ2n) is 5.21. The van der Waals surface area contributed by atoms with Gasteiger partial charge < -0.3 is 9.80 Å². The molecule has 0 spiro atoms. The first-order valence-corrected chi connectivity index (χ1v) is 6.07. The van der Waals surface area contributed by atoms with Gasteiger partial charge in [0.05, 0.1) is 4.92 Å². The van der Waals surface area contributed by atoms with Crippen LogP contribution in [0.4, 0.5) is 11.4 Å². The maximum Gasteiger partial charge on any atom is 0.270 e. The second kappa shape index (κ2) is 4.57. The number of aryl methyl sites for hydroxylation is 2. The molecule has 0 aromatic heterocycles. The number of rotatable bonds is 3. The summed E-state index contributed by atoms with van der Waals surface area (Å²) in [7, 11) is 4.16. The van der Waals surface area contributed by atoms with Crippen molar-refractivity contribution in [2.24, 2.45) is 0 Å². The van der Waals surface area contributed by atoms with Crippen molar-refractivity contribution in [3.8, 4) is 0 Å². The van der Waals surface area contributed by atoms with Crippen LogP contribution in [0, 0.1) is 24.0 Å². The fraction of sp³-hybridized carbons (Fsp3) is 0.538. The molecule has 5 heteroatoms. The Balaban J connectivity index is 2.23. The Labute approximate surface area is 107 Å². The lowest BCUT2D eigenvalue weighted by Gasteiger charge is -2.45. The summed E-state index contributed by atoms with van der Waals surface area (Å²) in [4.78, 5) is 15.0. The third kappa shape index (κ3) is 2.18. The summed E-state index contributed by atoms with van der Waals surface area (Å²) >= 11 is 0. The summed E-state index contributed by atoms with van der Waals surface area (Å²) in [6.45, 7) is 5.87. The molecule has 0 N–H and O–H groups in total. The standard InChI is InChI=1S/C13H19N3O2/c1-9-5-11(16(17)18)6-10(2)13(9)15-7-12(8-15)14(3)4/h5-6,12H,7-8H2,1-4H3. The Hall–Kier alpha value is -1.62. The normalized spacial score (nSPS) is 15.9. The van der Waals surface area contributed by atoms with Crippen molar-refractivity contribution < 1.29 is 4.92 Å². The van der Waals surface area contributed by atoms with Crippen molar-refractivity contribution in [3.05, 3.63) is 33.4 Å². The molecule has 1 aromatic carbocycles. The Morgan fingerprint density at radius 1 is 1.28 bits per heavy atom. The van der Waals surface area contributed by atoms with Crippen LogP contribution in [0.3, 0.4) is 0 Å². The van der Waals surface area contributed by atoms with E-state index in [2.05, 4.69) is 23.9 Å². The lowest BCUT2D eigenvalue weighted by Crippen LogP contribution is -2.57. The predicted octanol–water partition coefficient (Wildman–Crippen LogP) is 1.96.